The van der Waals surface area contributed by atoms with Gasteiger partial charge < -0.3 is 10.2 Å². The maximum atomic E-state index is 11.9. The van der Waals surface area contributed by atoms with Crippen LogP contribution in [0.3, 0.4) is 0 Å². The molecule has 4 nitrogen and oxygen atoms in total. The zero-order chi connectivity index (χ0) is 16.1. The van der Waals surface area contributed by atoms with Gasteiger partial charge in [-0.1, -0.05) is 23.8 Å². The van der Waals surface area contributed by atoms with Gasteiger partial charge in [0.25, 0.3) is 5.91 Å². The van der Waals surface area contributed by atoms with Crippen LogP contribution in [-0.4, -0.2) is 50.1 Å². The Morgan fingerprint density at radius 3 is 2.52 bits per heavy atom. The quantitative estimate of drug-likeness (QED) is 0.916. The Balaban J connectivity index is 1.39. The molecule has 122 valence electrons. The smallest absolute Gasteiger partial charge is 0.261 e. The molecule has 1 fully saturated rings. The molecule has 1 aliphatic rings. The molecule has 0 unspecified atom stereocenters. The molecule has 2 heterocycles. The van der Waals surface area contributed by atoms with Crippen molar-refractivity contribution < 1.29 is 4.79 Å². The molecule has 1 aromatic heterocycles. The van der Waals surface area contributed by atoms with Crippen molar-refractivity contribution in [3.05, 3.63) is 52.2 Å². The number of nitrogens with one attached hydrogen (secondary N) is 1. The number of hydrogen-bond acceptors (Lipinski definition) is 4. The molecule has 1 saturated heterocycles. The van der Waals surface area contributed by atoms with Gasteiger partial charge >= 0.3 is 0 Å². The van der Waals surface area contributed by atoms with Gasteiger partial charge in [-0.2, -0.15) is 0 Å². The second-order valence-electron chi connectivity index (χ2n) is 5.90. The van der Waals surface area contributed by atoms with Gasteiger partial charge in [0, 0.05) is 45.0 Å². The van der Waals surface area contributed by atoms with Crippen molar-refractivity contribution >= 4 is 22.9 Å². The van der Waals surface area contributed by atoms with Crippen LogP contribution in [0.1, 0.15) is 15.2 Å². The number of carbonyl (C=O) groups is 1. The number of nitrogens with zero attached hydrogens (tertiary/aromatic N) is 2. The normalized spacial score (nSPS) is 15.6. The molecule has 23 heavy (non-hydrogen) atoms. The van der Waals surface area contributed by atoms with E-state index < -0.39 is 0 Å². The molecule has 1 aromatic carbocycles. The molecule has 0 aliphatic carbocycles. The van der Waals surface area contributed by atoms with Crippen LogP contribution >= 0.6 is 11.3 Å². The minimum absolute atomic E-state index is 0.0401. The number of thiophene rings is 1. The van der Waals surface area contributed by atoms with Gasteiger partial charge in [0.1, 0.15) is 0 Å². The standard InChI is InChI=1S/C18H23N3OS/c1-15-4-6-16(7-5-15)21-12-10-20(11-13-21)9-8-19-18(22)17-3-2-14-23-17/h2-7,14H,8-13H2,1H3,(H,19,22). The highest BCUT2D eigenvalue weighted by molar-refractivity contribution is 7.12. The Morgan fingerprint density at radius 1 is 1.13 bits per heavy atom. The van der Waals surface area contributed by atoms with E-state index in [2.05, 4.69) is 46.3 Å². The Hall–Kier alpha value is -1.85. The summed E-state index contributed by atoms with van der Waals surface area (Å²) in [7, 11) is 0. The zero-order valence-corrected chi connectivity index (χ0v) is 14.3. The summed E-state index contributed by atoms with van der Waals surface area (Å²) in [5, 5.41) is 4.93. The minimum atomic E-state index is 0.0401. The average molecular weight is 329 g/mol. The van der Waals surface area contributed by atoms with E-state index in [1.165, 1.54) is 22.6 Å². The van der Waals surface area contributed by atoms with Crippen molar-refractivity contribution in [2.24, 2.45) is 0 Å². The fraction of sp³-hybridized carbons (Fsp3) is 0.389. The van der Waals surface area contributed by atoms with Crippen LogP contribution in [0, 0.1) is 6.92 Å². The highest BCUT2D eigenvalue weighted by Crippen LogP contribution is 2.16. The third-order valence-electron chi connectivity index (χ3n) is 4.23. The summed E-state index contributed by atoms with van der Waals surface area (Å²) in [5.41, 5.74) is 2.61. The lowest BCUT2D eigenvalue weighted by Crippen LogP contribution is -2.48. The largest absolute Gasteiger partial charge is 0.369 e. The molecule has 5 heteroatoms. The minimum Gasteiger partial charge on any atom is -0.369 e. The SMILES string of the molecule is Cc1ccc(N2CCN(CCNC(=O)c3cccs3)CC2)cc1. The van der Waals surface area contributed by atoms with E-state index in [1.54, 1.807) is 0 Å². The summed E-state index contributed by atoms with van der Waals surface area (Å²) < 4.78 is 0. The lowest BCUT2D eigenvalue weighted by Gasteiger charge is -2.36. The second-order valence-corrected chi connectivity index (χ2v) is 6.85. The Kier molecular flexibility index (Phi) is 5.31. The lowest BCUT2D eigenvalue weighted by molar-refractivity contribution is 0.0952. The molecule has 0 radical (unpaired) electrons. The van der Waals surface area contributed by atoms with Crippen LogP contribution in [0.15, 0.2) is 41.8 Å². The first-order chi connectivity index (χ1) is 11.2. The number of benzene rings is 1. The summed E-state index contributed by atoms with van der Waals surface area (Å²) in [4.78, 5) is 17.5. The zero-order valence-electron chi connectivity index (χ0n) is 13.5. The van der Waals surface area contributed by atoms with Gasteiger partial charge in [0.15, 0.2) is 0 Å². The number of piperazine rings is 1. The molecule has 0 saturated carbocycles. The van der Waals surface area contributed by atoms with E-state index >= 15 is 0 Å². The van der Waals surface area contributed by atoms with Gasteiger partial charge in [0.2, 0.25) is 0 Å². The Bertz CT molecular complexity index is 616. The number of hydrogen-bond donors (Lipinski definition) is 1. The predicted octanol–water partition coefficient (Wildman–Crippen LogP) is 2.61. The van der Waals surface area contributed by atoms with Crippen molar-refractivity contribution in [1.82, 2.24) is 10.2 Å². The van der Waals surface area contributed by atoms with Crippen LogP contribution in [0.2, 0.25) is 0 Å². The maximum Gasteiger partial charge on any atom is 0.261 e. The molecular formula is C18H23N3OS. The first kappa shape index (κ1) is 16.0. The van der Waals surface area contributed by atoms with Gasteiger partial charge in [-0.05, 0) is 30.5 Å². The summed E-state index contributed by atoms with van der Waals surface area (Å²) in [6, 6.07) is 12.5. The van der Waals surface area contributed by atoms with Crippen molar-refractivity contribution in [3.8, 4) is 0 Å². The van der Waals surface area contributed by atoms with E-state index in [4.69, 9.17) is 0 Å². The Labute approximate surface area is 141 Å². The number of anilines is 1. The molecule has 0 spiro atoms. The third-order valence-corrected chi connectivity index (χ3v) is 5.10. The predicted molar refractivity (Wildman–Crippen MR) is 96.5 cm³/mol. The lowest BCUT2D eigenvalue weighted by atomic mass is 10.2. The van der Waals surface area contributed by atoms with Gasteiger partial charge in [0.05, 0.1) is 4.88 Å². The fourth-order valence-electron chi connectivity index (χ4n) is 2.81. The fourth-order valence-corrected chi connectivity index (χ4v) is 3.45. The molecule has 1 aliphatic heterocycles. The third kappa shape index (κ3) is 4.33. The molecule has 0 atom stereocenters. The van der Waals surface area contributed by atoms with Gasteiger partial charge in [-0.3, -0.25) is 9.69 Å². The highest BCUT2D eigenvalue weighted by atomic mass is 32.1. The summed E-state index contributed by atoms with van der Waals surface area (Å²) in [5.74, 6) is 0.0401. The van der Waals surface area contributed by atoms with Crippen molar-refractivity contribution in [2.75, 3.05) is 44.2 Å². The molecule has 3 rings (SSSR count). The van der Waals surface area contributed by atoms with Crippen LogP contribution < -0.4 is 10.2 Å². The van der Waals surface area contributed by atoms with E-state index in [9.17, 15) is 4.79 Å². The summed E-state index contributed by atoms with van der Waals surface area (Å²) >= 11 is 1.48. The van der Waals surface area contributed by atoms with Crippen molar-refractivity contribution in [1.29, 1.82) is 0 Å². The van der Waals surface area contributed by atoms with Crippen LogP contribution in [0.4, 0.5) is 5.69 Å². The van der Waals surface area contributed by atoms with E-state index in [0.717, 1.165) is 37.6 Å². The second kappa shape index (κ2) is 7.62. The summed E-state index contributed by atoms with van der Waals surface area (Å²) in [6.45, 7) is 7.92. The van der Waals surface area contributed by atoms with Crippen molar-refractivity contribution in [3.63, 3.8) is 0 Å². The van der Waals surface area contributed by atoms with E-state index in [-0.39, 0.29) is 5.91 Å². The van der Waals surface area contributed by atoms with Crippen LogP contribution in [-0.2, 0) is 0 Å². The first-order valence-electron chi connectivity index (χ1n) is 8.08. The number of carbonyl (C=O) groups excluding carboxylic acids is 1. The van der Waals surface area contributed by atoms with E-state index in [1.807, 2.05) is 17.5 Å². The Morgan fingerprint density at radius 2 is 1.87 bits per heavy atom. The van der Waals surface area contributed by atoms with Crippen molar-refractivity contribution in [2.45, 2.75) is 6.92 Å². The summed E-state index contributed by atoms with van der Waals surface area (Å²) in [6.07, 6.45) is 0. The van der Waals surface area contributed by atoms with E-state index in [0.29, 0.717) is 6.54 Å². The maximum absolute atomic E-state index is 11.9. The first-order valence-corrected chi connectivity index (χ1v) is 8.96. The van der Waals surface area contributed by atoms with Gasteiger partial charge in [-0.25, -0.2) is 0 Å². The molecule has 0 bridgehead atoms. The molecule has 1 N–H and O–H groups in total. The monoisotopic (exact) mass is 329 g/mol. The van der Waals surface area contributed by atoms with Gasteiger partial charge in [-0.15, -0.1) is 11.3 Å². The highest BCUT2D eigenvalue weighted by Gasteiger charge is 2.17. The molecule has 2 aromatic rings. The topological polar surface area (TPSA) is 35.6 Å². The number of rotatable bonds is 5. The average Bonchev–Trinajstić information content (AvgIpc) is 3.11. The van der Waals surface area contributed by atoms with Crippen LogP contribution in [0.5, 0.6) is 0 Å². The molecule has 1 amide bonds. The molecular weight excluding hydrogens is 306 g/mol. The van der Waals surface area contributed by atoms with Crippen LogP contribution in [0.25, 0.3) is 0 Å². The number of amides is 1. The number of aryl methyl sites for hydroxylation is 1.